The first-order valence-corrected chi connectivity index (χ1v) is 12.6. The summed E-state index contributed by atoms with van der Waals surface area (Å²) in [5.74, 6) is -0.171. The number of carbonyl (C=O) groups is 1. The molecule has 1 aliphatic carbocycles. The van der Waals surface area contributed by atoms with Crippen LogP contribution in [0.4, 0.5) is 22.1 Å². The summed E-state index contributed by atoms with van der Waals surface area (Å²) in [5, 5.41) is 15.1. The molecule has 2 heterocycles. The first-order chi connectivity index (χ1) is 17.1. The summed E-state index contributed by atoms with van der Waals surface area (Å²) in [4.78, 5) is 32.5. The van der Waals surface area contributed by atoms with Crippen molar-refractivity contribution in [1.82, 2.24) is 0 Å². The minimum atomic E-state index is -0.400. The predicted molar refractivity (Wildman–Crippen MR) is 139 cm³/mol. The van der Waals surface area contributed by atoms with E-state index in [1.165, 1.54) is 10.9 Å². The Balaban J connectivity index is 1.52. The number of ether oxygens (including phenoxy) is 1. The number of rotatable bonds is 6. The van der Waals surface area contributed by atoms with Crippen molar-refractivity contribution < 1.29 is 14.5 Å². The molecule has 1 amide bonds. The second-order valence-corrected chi connectivity index (χ2v) is 9.65. The van der Waals surface area contributed by atoms with Crippen molar-refractivity contribution >= 4 is 45.5 Å². The SMILES string of the molecule is O=C(Nc1ccccc1)c1c(/N=C\c2cc([N+](=O)[O-])ccc2N2CCOCC2)sc2c1CCCC2. The number of thiophene rings is 1. The number of anilines is 2. The van der Waals surface area contributed by atoms with Crippen molar-refractivity contribution in [2.24, 2.45) is 4.99 Å². The largest absolute Gasteiger partial charge is 0.378 e. The van der Waals surface area contributed by atoms with Crippen LogP contribution in [-0.2, 0) is 17.6 Å². The number of morpholine rings is 1. The van der Waals surface area contributed by atoms with Crippen molar-refractivity contribution in [3.05, 3.63) is 80.2 Å². The molecule has 0 unspecified atom stereocenters. The summed E-state index contributed by atoms with van der Waals surface area (Å²) >= 11 is 1.55. The lowest BCUT2D eigenvalue weighted by Crippen LogP contribution is -2.36. The van der Waals surface area contributed by atoms with E-state index in [0.717, 1.165) is 42.6 Å². The molecule has 35 heavy (non-hydrogen) atoms. The topological polar surface area (TPSA) is 97.1 Å². The molecule has 1 aliphatic heterocycles. The summed E-state index contributed by atoms with van der Waals surface area (Å²) in [6.45, 7) is 2.62. The van der Waals surface area contributed by atoms with Crippen LogP contribution >= 0.6 is 11.3 Å². The number of nitrogens with one attached hydrogen (secondary N) is 1. The number of nitrogens with zero attached hydrogens (tertiary/aromatic N) is 3. The molecule has 0 spiro atoms. The molecule has 180 valence electrons. The predicted octanol–water partition coefficient (Wildman–Crippen LogP) is 5.37. The molecule has 2 aliphatic rings. The molecule has 1 aromatic heterocycles. The second kappa shape index (κ2) is 10.4. The number of nitro benzene ring substituents is 1. The number of amides is 1. The molecule has 0 bridgehead atoms. The minimum Gasteiger partial charge on any atom is -0.378 e. The molecular formula is C26H26N4O4S. The van der Waals surface area contributed by atoms with Gasteiger partial charge in [0.15, 0.2) is 0 Å². The third-order valence-electron chi connectivity index (χ3n) is 6.31. The van der Waals surface area contributed by atoms with Crippen LogP contribution in [0, 0.1) is 10.1 Å². The van der Waals surface area contributed by atoms with Gasteiger partial charge in [-0.2, -0.15) is 0 Å². The van der Waals surface area contributed by atoms with Crippen LogP contribution in [0.25, 0.3) is 0 Å². The smallest absolute Gasteiger partial charge is 0.270 e. The highest BCUT2D eigenvalue weighted by Gasteiger charge is 2.25. The van der Waals surface area contributed by atoms with Crippen LogP contribution in [0.1, 0.15) is 39.2 Å². The number of carbonyl (C=O) groups excluding carboxylic acids is 1. The van der Waals surface area contributed by atoms with E-state index in [1.54, 1.807) is 29.7 Å². The summed E-state index contributed by atoms with van der Waals surface area (Å²) in [6.07, 6.45) is 5.60. The fourth-order valence-electron chi connectivity index (χ4n) is 4.57. The highest BCUT2D eigenvalue weighted by Crippen LogP contribution is 2.40. The van der Waals surface area contributed by atoms with Gasteiger partial charge >= 0.3 is 0 Å². The van der Waals surface area contributed by atoms with E-state index in [4.69, 9.17) is 9.73 Å². The third-order valence-corrected chi connectivity index (χ3v) is 7.51. The lowest BCUT2D eigenvalue weighted by atomic mass is 9.95. The standard InChI is InChI=1S/C26H26N4O4S/c31-25(28-19-6-2-1-3-7-19)24-21-8-4-5-9-23(21)35-26(24)27-17-18-16-20(30(32)33)10-11-22(18)29-12-14-34-15-13-29/h1-3,6-7,10-11,16-17H,4-5,8-9,12-15H2,(H,28,31)/b27-17-. The zero-order valence-corrected chi connectivity index (χ0v) is 20.1. The molecule has 0 atom stereocenters. The van der Waals surface area contributed by atoms with Crippen LogP contribution < -0.4 is 10.2 Å². The Morgan fingerprint density at radius 2 is 1.89 bits per heavy atom. The van der Waals surface area contributed by atoms with Gasteiger partial charge in [0.2, 0.25) is 0 Å². The monoisotopic (exact) mass is 490 g/mol. The Morgan fingerprint density at radius 3 is 2.66 bits per heavy atom. The molecule has 5 rings (SSSR count). The molecule has 8 nitrogen and oxygen atoms in total. The Kier molecular flexibility index (Phi) is 6.87. The van der Waals surface area contributed by atoms with Crippen molar-refractivity contribution in [3.8, 4) is 0 Å². The van der Waals surface area contributed by atoms with E-state index in [1.807, 2.05) is 30.3 Å². The highest BCUT2D eigenvalue weighted by atomic mass is 32.1. The van der Waals surface area contributed by atoms with Crippen molar-refractivity contribution in [1.29, 1.82) is 0 Å². The van der Waals surface area contributed by atoms with Crippen LogP contribution in [-0.4, -0.2) is 43.3 Å². The van der Waals surface area contributed by atoms with Gasteiger partial charge in [0.05, 0.1) is 23.7 Å². The average molecular weight is 491 g/mol. The van der Waals surface area contributed by atoms with E-state index in [0.29, 0.717) is 42.4 Å². The van der Waals surface area contributed by atoms with Gasteiger partial charge in [-0.15, -0.1) is 11.3 Å². The summed E-state index contributed by atoms with van der Waals surface area (Å²) < 4.78 is 5.46. The maximum absolute atomic E-state index is 13.3. The fraction of sp³-hybridized carbons (Fsp3) is 0.308. The maximum atomic E-state index is 13.3. The number of aryl methyl sites for hydroxylation is 1. The second-order valence-electron chi connectivity index (χ2n) is 8.57. The Hall–Kier alpha value is -3.56. The van der Waals surface area contributed by atoms with Crippen LogP contribution in [0.15, 0.2) is 53.5 Å². The molecule has 2 aromatic carbocycles. The van der Waals surface area contributed by atoms with Gasteiger partial charge in [-0.05, 0) is 49.4 Å². The number of aliphatic imine (C=N–C) groups is 1. The number of non-ortho nitro benzene ring substituents is 1. The van der Waals surface area contributed by atoms with Gasteiger partial charge in [0, 0.05) is 53.3 Å². The number of hydrogen-bond acceptors (Lipinski definition) is 7. The molecule has 0 radical (unpaired) electrons. The van der Waals surface area contributed by atoms with E-state index >= 15 is 0 Å². The van der Waals surface area contributed by atoms with Crippen LogP contribution in [0.3, 0.4) is 0 Å². The Labute approximate surface area is 207 Å². The van der Waals surface area contributed by atoms with Gasteiger partial charge < -0.3 is 15.0 Å². The molecule has 1 fully saturated rings. The molecule has 3 aromatic rings. The summed E-state index contributed by atoms with van der Waals surface area (Å²) in [7, 11) is 0. The summed E-state index contributed by atoms with van der Waals surface area (Å²) in [6, 6.07) is 14.2. The fourth-order valence-corrected chi connectivity index (χ4v) is 5.80. The van der Waals surface area contributed by atoms with Gasteiger partial charge in [0.25, 0.3) is 11.6 Å². The lowest BCUT2D eigenvalue weighted by molar-refractivity contribution is -0.384. The molecular weight excluding hydrogens is 464 g/mol. The molecule has 1 N–H and O–H groups in total. The lowest BCUT2D eigenvalue weighted by Gasteiger charge is -2.29. The van der Waals surface area contributed by atoms with Crippen LogP contribution in [0.2, 0.25) is 0 Å². The third kappa shape index (κ3) is 5.11. The Bertz CT molecular complexity index is 1270. The van der Waals surface area contributed by atoms with Gasteiger partial charge in [-0.1, -0.05) is 18.2 Å². The molecule has 1 saturated heterocycles. The number of para-hydroxylation sites is 1. The first-order valence-electron chi connectivity index (χ1n) is 11.8. The first kappa shape index (κ1) is 23.2. The molecule has 9 heteroatoms. The van der Waals surface area contributed by atoms with Crippen molar-refractivity contribution in [2.45, 2.75) is 25.7 Å². The number of fused-ring (bicyclic) bond motifs is 1. The van der Waals surface area contributed by atoms with Gasteiger partial charge in [-0.25, -0.2) is 4.99 Å². The zero-order valence-electron chi connectivity index (χ0n) is 19.2. The van der Waals surface area contributed by atoms with E-state index < -0.39 is 4.92 Å². The summed E-state index contributed by atoms with van der Waals surface area (Å²) in [5.41, 5.74) is 3.96. The number of benzene rings is 2. The van der Waals surface area contributed by atoms with E-state index in [-0.39, 0.29) is 11.6 Å². The minimum absolute atomic E-state index is 0.0102. The van der Waals surface area contributed by atoms with E-state index in [2.05, 4.69) is 10.2 Å². The van der Waals surface area contributed by atoms with E-state index in [9.17, 15) is 14.9 Å². The average Bonchev–Trinajstić information content (AvgIpc) is 3.27. The normalized spacial score (nSPS) is 15.7. The Morgan fingerprint density at radius 1 is 1.11 bits per heavy atom. The number of nitro groups is 1. The molecule has 0 saturated carbocycles. The van der Waals surface area contributed by atoms with Crippen LogP contribution in [0.5, 0.6) is 0 Å². The zero-order chi connectivity index (χ0) is 24.2. The highest BCUT2D eigenvalue weighted by molar-refractivity contribution is 7.16. The quantitative estimate of drug-likeness (QED) is 0.284. The van der Waals surface area contributed by atoms with Crippen molar-refractivity contribution in [3.63, 3.8) is 0 Å². The van der Waals surface area contributed by atoms with Crippen molar-refractivity contribution in [2.75, 3.05) is 36.5 Å². The number of hydrogen-bond donors (Lipinski definition) is 1. The van der Waals surface area contributed by atoms with Gasteiger partial charge in [-0.3, -0.25) is 14.9 Å². The maximum Gasteiger partial charge on any atom is 0.270 e. The van der Waals surface area contributed by atoms with Gasteiger partial charge in [0.1, 0.15) is 5.00 Å².